The topological polar surface area (TPSA) is 32.3 Å². The number of aliphatic hydroxyl groups excluding tert-OH is 1. The van der Waals surface area contributed by atoms with Gasteiger partial charge >= 0.3 is 0 Å². The third kappa shape index (κ3) is 2.34. The fourth-order valence-electron chi connectivity index (χ4n) is 1.65. The number of benzene rings is 1. The molecule has 0 saturated heterocycles. The van der Waals surface area contributed by atoms with E-state index < -0.39 is 0 Å². The molecule has 0 heterocycles. The van der Waals surface area contributed by atoms with Gasteiger partial charge in [0.25, 0.3) is 0 Å². The van der Waals surface area contributed by atoms with E-state index in [0.29, 0.717) is 0 Å². The van der Waals surface area contributed by atoms with Crippen molar-refractivity contribution in [2.24, 2.45) is 0 Å². The maximum Gasteiger partial charge on any atom is 0.192 e. The summed E-state index contributed by atoms with van der Waals surface area (Å²) in [6, 6.07) is 10.1. The zero-order valence-corrected chi connectivity index (χ0v) is 9.22. The van der Waals surface area contributed by atoms with Gasteiger partial charge in [-0.2, -0.15) is 0 Å². The Hall–Kier alpha value is -1.96. The normalized spacial score (nSPS) is 15.2. The van der Waals surface area contributed by atoms with Crippen LogP contribution in [-0.2, 0) is 0 Å². The van der Waals surface area contributed by atoms with Crippen molar-refractivity contribution in [3.63, 3.8) is 0 Å². The average Bonchev–Trinajstić information content (AvgIpc) is 2.83. The number of rotatable bonds is 3. The van der Waals surface area contributed by atoms with Gasteiger partial charge in [-0.25, -0.2) is 0 Å². The van der Waals surface area contributed by atoms with E-state index in [1.54, 1.807) is 0 Å². The van der Waals surface area contributed by atoms with Gasteiger partial charge in [0.2, 0.25) is 0 Å². The van der Waals surface area contributed by atoms with Crippen LogP contribution in [0.25, 0.3) is 0 Å². The van der Waals surface area contributed by atoms with Gasteiger partial charge in [0.15, 0.2) is 5.88 Å². The van der Waals surface area contributed by atoms with Crippen molar-refractivity contribution in [1.29, 1.82) is 0 Å². The van der Waals surface area contributed by atoms with Crippen molar-refractivity contribution in [2.45, 2.75) is 13.0 Å². The SMILES string of the molecule is C[C@@H](NC(O)=C1C=CC=C1)c1ccccc1. The third-order valence-electron chi connectivity index (χ3n) is 2.59. The quantitative estimate of drug-likeness (QED) is 0.755. The molecule has 1 aliphatic rings. The second-order valence-electron chi connectivity index (χ2n) is 3.80. The molecular weight excluding hydrogens is 198 g/mol. The maximum absolute atomic E-state index is 9.85. The first kappa shape index (κ1) is 10.6. The van der Waals surface area contributed by atoms with Crippen LogP contribution >= 0.6 is 0 Å². The van der Waals surface area contributed by atoms with Gasteiger partial charge in [0.05, 0.1) is 6.04 Å². The maximum atomic E-state index is 9.85. The molecule has 0 aromatic heterocycles. The van der Waals surface area contributed by atoms with Gasteiger partial charge in [-0.15, -0.1) is 0 Å². The van der Waals surface area contributed by atoms with E-state index in [0.717, 1.165) is 11.1 Å². The van der Waals surface area contributed by atoms with Crippen LogP contribution in [0.3, 0.4) is 0 Å². The summed E-state index contributed by atoms with van der Waals surface area (Å²) in [5.74, 6) is 0.223. The smallest absolute Gasteiger partial charge is 0.192 e. The molecule has 1 aromatic carbocycles. The second-order valence-corrected chi connectivity index (χ2v) is 3.80. The van der Waals surface area contributed by atoms with Crippen molar-refractivity contribution in [1.82, 2.24) is 5.32 Å². The van der Waals surface area contributed by atoms with E-state index in [2.05, 4.69) is 5.32 Å². The van der Waals surface area contributed by atoms with Crippen molar-refractivity contribution in [3.05, 3.63) is 71.7 Å². The molecule has 0 bridgehead atoms. The Morgan fingerprint density at radius 2 is 1.75 bits per heavy atom. The van der Waals surface area contributed by atoms with E-state index in [1.165, 1.54) is 0 Å². The number of nitrogens with one attached hydrogen (secondary N) is 1. The van der Waals surface area contributed by atoms with Crippen LogP contribution in [0.4, 0.5) is 0 Å². The standard InChI is InChI=1S/C14H15NO/c1-11(12-7-3-2-4-8-12)15-14(16)13-9-5-6-10-13/h2-11,15-16H,1H3/t11-/m1/s1. The molecule has 0 amide bonds. The summed E-state index contributed by atoms with van der Waals surface area (Å²) in [5.41, 5.74) is 1.98. The Labute approximate surface area is 95.6 Å². The number of hydrogen-bond donors (Lipinski definition) is 2. The van der Waals surface area contributed by atoms with Gasteiger partial charge < -0.3 is 10.4 Å². The zero-order chi connectivity index (χ0) is 11.4. The number of hydrogen-bond acceptors (Lipinski definition) is 2. The van der Waals surface area contributed by atoms with Gasteiger partial charge in [-0.1, -0.05) is 42.5 Å². The van der Waals surface area contributed by atoms with Crippen molar-refractivity contribution < 1.29 is 5.11 Å². The fraction of sp³-hybridized carbons (Fsp3) is 0.143. The molecule has 1 aliphatic carbocycles. The monoisotopic (exact) mass is 213 g/mol. The molecule has 0 radical (unpaired) electrons. The Bertz CT molecular complexity index is 429. The van der Waals surface area contributed by atoms with E-state index in [9.17, 15) is 5.11 Å². The lowest BCUT2D eigenvalue weighted by Gasteiger charge is -2.15. The van der Waals surface area contributed by atoms with Crippen molar-refractivity contribution in [3.8, 4) is 0 Å². The van der Waals surface area contributed by atoms with Crippen LogP contribution in [-0.4, -0.2) is 5.11 Å². The molecular formula is C14H15NO. The minimum absolute atomic E-state index is 0.0936. The first-order valence-corrected chi connectivity index (χ1v) is 5.37. The summed E-state index contributed by atoms with van der Waals surface area (Å²) in [5, 5.41) is 12.9. The minimum atomic E-state index is 0.0936. The number of allylic oxidation sites excluding steroid dienone is 5. The molecule has 2 heteroatoms. The minimum Gasteiger partial charge on any atom is -0.494 e. The Morgan fingerprint density at radius 1 is 1.12 bits per heavy atom. The van der Waals surface area contributed by atoms with Gasteiger partial charge in [-0.3, -0.25) is 0 Å². The lowest BCUT2D eigenvalue weighted by molar-refractivity contribution is 0.343. The fourth-order valence-corrected chi connectivity index (χ4v) is 1.65. The lowest BCUT2D eigenvalue weighted by atomic mass is 10.1. The van der Waals surface area contributed by atoms with Crippen LogP contribution in [0.15, 0.2) is 66.1 Å². The van der Waals surface area contributed by atoms with E-state index >= 15 is 0 Å². The highest BCUT2D eigenvalue weighted by Crippen LogP contribution is 2.16. The first-order valence-electron chi connectivity index (χ1n) is 5.37. The van der Waals surface area contributed by atoms with Gasteiger partial charge in [0, 0.05) is 5.57 Å². The van der Waals surface area contributed by atoms with Gasteiger partial charge in [-0.05, 0) is 24.6 Å². The van der Waals surface area contributed by atoms with E-state index in [4.69, 9.17) is 0 Å². The average molecular weight is 213 g/mol. The lowest BCUT2D eigenvalue weighted by Crippen LogP contribution is -2.18. The summed E-state index contributed by atoms with van der Waals surface area (Å²) in [4.78, 5) is 0. The molecule has 0 aliphatic heterocycles. The summed E-state index contributed by atoms with van der Waals surface area (Å²) in [6.07, 6.45) is 7.56. The summed E-state index contributed by atoms with van der Waals surface area (Å²) in [7, 11) is 0. The highest BCUT2D eigenvalue weighted by atomic mass is 16.3. The van der Waals surface area contributed by atoms with E-state index in [1.807, 2.05) is 61.6 Å². The summed E-state index contributed by atoms with van der Waals surface area (Å²) < 4.78 is 0. The molecule has 0 unspecified atom stereocenters. The van der Waals surface area contributed by atoms with Crippen molar-refractivity contribution in [2.75, 3.05) is 0 Å². The number of aliphatic hydroxyl groups is 1. The predicted octanol–water partition coefficient (Wildman–Crippen LogP) is 3.23. The largest absolute Gasteiger partial charge is 0.494 e. The molecule has 0 spiro atoms. The Kier molecular flexibility index (Phi) is 3.10. The summed E-state index contributed by atoms with van der Waals surface area (Å²) >= 11 is 0. The predicted molar refractivity (Wildman–Crippen MR) is 65.9 cm³/mol. The van der Waals surface area contributed by atoms with Crippen LogP contribution in [0.5, 0.6) is 0 Å². The Morgan fingerprint density at radius 3 is 2.38 bits per heavy atom. The summed E-state index contributed by atoms with van der Waals surface area (Å²) in [6.45, 7) is 2.02. The second kappa shape index (κ2) is 4.71. The molecule has 2 N–H and O–H groups in total. The molecule has 2 nitrogen and oxygen atoms in total. The third-order valence-corrected chi connectivity index (χ3v) is 2.59. The highest BCUT2D eigenvalue weighted by molar-refractivity contribution is 5.41. The molecule has 16 heavy (non-hydrogen) atoms. The highest BCUT2D eigenvalue weighted by Gasteiger charge is 2.08. The van der Waals surface area contributed by atoms with Gasteiger partial charge in [0.1, 0.15) is 0 Å². The Balaban J connectivity index is 2.08. The van der Waals surface area contributed by atoms with Crippen LogP contribution < -0.4 is 5.32 Å². The van der Waals surface area contributed by atoms with Crippen LogP contribution in [0.2, 0.25) is 0 Å². The van der Waals surface area contributed by atoms with Crippen LogP contribution in [0, 0.1) is 0 Å². The van der Waals surface area contributed by atoms with Crippen LogP contribution in [0.1, 0.15) is 18.5 Å². The molecule has 0 saturated carbocycles. The molecule has 1 aromatic rings. The van der Waals surface area contributed by atoms with E-state index in [-0.39, 0.29) is 11.9 Å². The first-order chi connectivity index (χ1) is 7.77. The molecule has 1 atom stereocenters. The van der Waals surface area contributed by atoms with Crippen molar-refractivity contribution >= 4 is 0 Å². The molecule has 0 fully saturated rings. The zero-order valence-electron chi connectivity index (χ0n) is 9.22. The molecule has 82 valence electrons. The molecule has 2 rings (SSSR count).